The van der Waals surface area contributed by atoms with Crippen LogP contribution in [0.4, 0.5) is 11.4 Å². The lowest BCUT2D eigenvalue weighted by molar-refractivity contribution is -0.123. The highest BCUT2D eigenvalue weighted by Gasteiger charge is 2.22. The van der Waals surface area contributed by atoms with E-state index in [1.54, 1.807) is 30.3 Å². The van der Waals surface area contributed by atoms with Crippen LogP contribution in [0.15, 0.2) is 36.4 Å². The molecule has 140 valence electrons. The van der Waals surface area contributed by atoms with E-state index in [0.717, 1.165) is 5.56 Å². The second-order valence-electron chi connectivity index (χ2n) is 6.08. The van der Waals surface area contributed by atoms with E-state index in [-0.39, 0.29) is 10.9 Å². The van der Waals surface area contributed by atoms with Crippen LogP contribution in [0.25, 0.3) is 0 Å². The van der Waals surface area contributed by atoms with Crippen LogP contribution in [0.1, 0.15) is 29.3 Å². The number of carbonyl (C=O) groups excluding carboxylic acids is 3. The molecule has 1 unspecified atom stereocenters. The standard InChI is InChI=1S/C19H16Cl2N2O4/c1-10(18(25)23-16-6-4-13(20)9-14(16)21)27-19(26)12-2-5-15-11(8-12)3-7-17(24)22-15/h2,4-6,8-10H,3,7H2,1H3,(H,22,24)(H,23,25). The van der Waals surface area contributed by atoms with Crippen molar-refractivity contribution in [1.29, 1.82) is 0 Å². The van der Waals surface area contributed by atoms with Crippen LogP contribution in [-0.4, -0.2) is 23.9 Å². The normalized spacial score (nSPS) is 14.0. The first-order valence-corrected chi connectivity index (χ1v) is 8.99. The van der Waals surface area contributed by atoms with Gasteiger partial charge in [-0.05, 0) is 55.3 Å². The highest BCUT2D eigenvalue weighted by atomic mass is 35.5. The first-order chi connectivity index (χ1) is 12.8. The summed E-state index contributed by atoms with van der Waals surface area (Å²) in [4.78, 5) is 36.0. The van der Waals surface area contributed by atoms with Crippen molar-refractivity contribution in [2.24, 2.45) is 0 Å². The van der Waals surface area contributed by atoms with Crippen molar-refractivity contribution in [3.8, 4) is 0 Å². The van der Waals surface area contributed by atoms with Crippen LogP contribution in [0.3, 0.4) is 0 Å². The number of hydrogen-bond acceptors (Lipinski definition) is 4. The summed E-state index contributed by atoms with van der Waals surface area (Å²) in [5.41, 5.74) is 2.23. The summed E-state index contributed by atoms with van der Waals surface area (Å²) < 4.78 is 5.24. The molecule has 1 aliphatic heterocycles. The van der Waals surface area contributed by atoms with Gasteiger partial charge in [0.2, 0.25) is 5.91 Å². The lowest BCUT2D eigenvalue weighted by Crippen LogP contribution is -2.30. The monoisotopic (exact) mass is 406 g/mol. The minimum absolute atomic E-state index is 0.0519. The van der Waals surface area contributed by atoms with Crippen LogP contribution in [-0.2, 0) is 20.7 Å². The molecule has 0 aromatic heterocycles. The predicted molar refractivity (Wildman–Crippen MR) is 103 cm³/mol. The molecular weight excluding hydrogens is 391 g/mol. The second kappa shape index (κ2) is 7.98. The number of rotatable bonds is 4. The van der Waals surface area contributed by atoms with Crippen LogP contribution in [0.5, 0.6) is 0 Å². The average Bonchev–Trinajstić information content (AvgIpc) is 2.63. The third-order valence-corrected chi connectivity index (χ3v) is 4.63. The van der Waals surface area contributed by atoms with E-state index in [2.05, 4.69) is 10.6 Å². The summed E-state index contributed by atoms with van der Waals surface area (Å²) in [6.07, 6.45) is -0.112. The van der Waals surface area contributed by atoms with Crippen molar-refractivity contribution in [3.63, 3.8) is 0 Å². The maximum absolute atomic E-state index is 12.3. The van der Waals surface area contributed by atoms with Crippen LogP contribution >= 0.6 is 23.2 Å². The first kappa shape index (κ1) is 19.2. The van der Waals surface area contributed by atoms with Gasteiger partial charge in [0.1, 0.15) is 0 Å². The number of halogens is 2. The van der Waals surface area contributed by atoms with E-state index < -0.39 is 18.0 Å². The lowest BCUT2D eigenvalue weighted by atomic mass is 10.0. The number of ether oxygens (including phenoxy) is 1. The van der Waals surface area contributed by atoms with Gasteiger partial charge in [-0.3, -0.25) is 9.59 Å². The molecule has 0 fully saturated rings. The van der Waals surface area contributed by atoms with E-state index in [1.807, 2.05) is 0 Å². The summed E-state index contributed by atoms with van der Waals surface area (Å²) in [6, 6.07) is 9.52. The summed E-state index contributed by atoms with van der Waals surface area (Å²) in [5, 5.41) is 6.07. The Morgan fingerprint density at radius 3 is 2.67 bits per heavy atom. The number of benzene rings is 2. The van der Waals surface area contributed by atoms with Gasteiger partial charge >= 0.3 is 5.97 Å². The Labute approximate surface area is 165 Å². The topological polar surface area (TPSA) is 84.5 Å². The third-order valence-electron chi connectivity index (χ3n) is 4.08. The van der Waals surface area contributed by atoms with Gasteiger partial charge in [-0.15, -0.1) is 0 Å². The van der Waals surface area contributed by atoms with Crippen LogP contribution < -0.4 is 10.6 Å². The highest BCUT2D eigenvalue weighted by molar-refractivity contribution is 6.36. The third kappa shape index (κ3) is 4.59. The molecule has 6 nitrogen and oxygen atoms in total. The van der Waals surface area contributed by atoms with Gasteiger partial charge in [-0.25, -0.2) is 4.79 Å². The van der Waals surface area contributed by atoms with E-state index >= 15 is 0 Å². The maximum atomic E-state index is 12.3. The van der Waals surface area contributed by atoms with Crippen LogP contribution in [0, 0.1) is 0 Å². The smallest absolute Gasteiger partial charge is 0.338 e. The van der Waals surface area contributed by atoms with Gasteiger partial charge in [0, 0.05) is 17.1 Å². The Balaban J connectivity index is 1.64. The zero-order valence-electron chi connectivity index (χ0n) is 14.3. The molecule has 2 aromatic rings. The van der Waals surface area contributed by atoms with Gasteiger partial charge in [0.25, 0.3) is 5.91 Å². The van der Waals surface area contributed by atoms with Crippen molar-refractivity contribution in [1.82, 2.24) is 0 Å². The lowest BCUT2D eigenvalue weighted by Gasteiger charge is -2.18. The Hall–Kier alpha value is -2.57. The van der Waals surface area contributed by atoms with Gasteiger partial charge < -0.3 is 15.4 Å². The molecule has 27 heavy (non-hydrogen) atoms. The Kier molecular flexibility index (Phi) is 5.68. The average molecular weight is 407 g/mol. The number of esters is 1. The Bertz CT molecular complexity index is 930. The number of hydrogen-bond donors (Lipinski definition) is 2. The fourth-order valence-electron chi connectivity index (χ4n) is 2.62. The number of aryl methyl sites for hydroxylation is 1. The van der Waals surface area contributed by atoms with E-state index in [1.165, 1.54) is 13.0 Å². The number of carbonyl (C=O) groups is 3. The minimum Gasteiger partial charge on any atom is -0.449 e. The number of nitrogens with one attached hydrogen (secondary N) is 2. The molecule has 2 aromatic carbocycles. The van der Waals surface area contributed by atoms with Crippen molar-refractivity contribution in [2.75, 3.05) is 10.6 Å². The summed E-state index contributed by atoms with van der Waals surface area (Å²) >= 11 is 11.8. The molecular formula is C19H16Cl2N2O4. The van der Waals surface area contributed by atoms with Crippen molar-refractivity contribution in [3.05, 3.63) is 57.6 Å². The molecule has 0 bridgehead atoms. The molecule has 1 atom stereocenters. The summed E-state index contributed by atoms with van der Waals surface area (Å²) in [6.45, 7) is 1.47. The molecule has 0 saturated heterocycles. The Morgan fingerprint density at radius 1 is 1.15 bits per heavy atom. The van der Waals surface area contributed by atoms with Gasteiger partial charge in [0.05, 0.1) is 16.3 Å². The van der Waals surface area contributed by atoms with Crippen molar-refractivity contribution < 1.29 is 19.1 Å². The number of fused-ring (bicyclic) bond motifs is 1. The van der Waals surface area contributed by atoms with Gasteiger partial charge in [-0.2, -0.15) is 0 Å². The van der Waals surface area contributed by atoms with Gasteiger partial charge in [0.15, 0.2) is 6.10 Å². The predicted octanol–water partition coefficient (Wildman–Crippen LogP) is 4.06. The first-order valence-electron chi connectivity index (χ1n) is 8.23. The van der Waals surface area contributed by atoms with E-state index in [9.17, 15) is 14.4 Å². The van der Waals surface area contributed by atoms with Gasteiger partial charge in [-0.1, -0.05) is 23.2 Å². The summed E-state index contributed by atoms with van der Waals surface area (Å²) in [5.74, 6) is -1.19. The largest absolute Gasteiger partial charge is 0.449 e. The molecule has 0 spiro atoms. The fraction of sp³-hybridized carbons (Fsp3) is 0.211. The molecule has 3 rings (SSSR count). The van der Waals surface area contributed by atoms with Crippen molar-refractivity contribution >= 4 is 52.4 Å². The zero-order chi connectivity index (χ0) is 19.6. The Morgan fingerprint density at radius 2 is 1.93 bits per heavy atom. The zero-order valence-corrected chi connectivity index (χ0v) is 15.9. The molecule has 2 amide bonds. The minimum atomic E-state index is -1.03. The quantitative estimate of drug-likeness (QED) is 0.749. The molecule has 2 N–H and O–H groups in total. The SMILES string of the molecule is CC(OC(=O)c1ccc2c(c1)CCC(=O)N2)C(=O)Nc1ccc(Cl)cc1Cl. The van der Waals surface area contributed by atoms with E-state index in [4.69, 9.17) is 27.9 Å². The molecule has 0 saturated carbocycles. The van der Waals surface area contributed by atoms with E-state index in [0.29, 0.717) is 34.8 Å². The number of amides is 2. The molecule has 1 aliphatic rings. The number of anilines is 2. The second-order valence-corrected chi connectivity index (χ2v) is 6.92. The molecule has 0 aliphatic carbocycles. The molecule has 0 radical (unpaired) electrons. The molecule has 1 heterocycles. The van der Waals surface area contributed by atoms with Crippen molar-refractivity contribution in [2.45, 2.75) is 25.9 Å². The maximum Gasteiger partial charge on any atom is 0.338 e. The molecule has 8 heteroatoms. The summed E-state index contributed by atoms with van der Waals surface area (Å²) in [7, 11) is 0. The van der Waals surface area contributed by atoms with Crippen LogP contribution in [0.2, 0.25) is 10.0 Å². The highest BCUT2D eigenvalue weighted by Crippen LogP contribution is 2.26. The fourth-order valence-corrected chi connectivity index (χ4v) is 3.07.